The van der Waals surface area contributed by atoms with E-state index in [9.17, 15) is 19.5 Å². The van der Waals surface area contributed by atoms with E-state index in [0.717, 1.165) is 58.0 Å². The molecule has 3 atom stereocenters. The highest BCUT2D eigenvalue weighted by Crippen LogP contribution is 2.42. The molecule has 2 saturated heterocycles. The molecule has 1 saturated carbocycles. The number of terminal acetylenes is 1. The van der Waals surface area contributed by atoms with Crippen LogP contribution in [0.4, 0.5) is 9.52 Å². The molecule has 7 rings (SSSR count). The van der Waals surface area contributed by atoms with Crippen molar-refractivity contribution in [2.75, 3.05) is 50.5 Å². The van der Waals surface area contributed by atoms with Crippen LogP contribution in [-0.4, -0.2) is 94.5 Å². The lowest BCUT2D eigenvalue weighted by Gasteiger charge is -2.50. The Hall–Kier alpha value is -4.21. The number of hydrogen-bond donors (Lipinski definition) is 3. The van der Waals surface area contributed by atoms with Gasteiger partial charge in [0.25, 0.3) is 11.8 Å². The molecule has 13 nitrogen and oxygen atoms in total. The van der Waals surface area contributed by atoms with Crippen LogP contribution < -0.4 is 26.0 Å². The summed E-state index contributed by atoms with van der Waals surface area (Å²) in [6.07, 6.45) is 9.35. The van der Waals surface area contributed by atoms with E-state index in [2.05, 4.69) is 36.2 Å². The van der Waals surface area contributed by atoms with Crippen molar-refractivity contribution in [2.24, 2.45) is 5.16 Å². The Balaban J connectivity index is 1.11. The minimum atomic E-state index is -1.49. The van der Waals surface area contributed by atoms with Crippen LogP contribution in [0.3, 0.4) is 0 Å². The first-order chi connectivity index (χ1) is 24.2. The zero-order valence-corrected chi connectivity index (χ0v) is 29.3. The van der Waals surface area contributed by atoms with E-state index >= 15 is 4.39 Å². The molecule has 2 unspecified atom stereocenters. The van der Waals surface area contributed by atoms with Crippen LogP contribution in [0.25, 0.3) is 10.9 Å². The first-order valence-electron chi connectivity index (χ1n) is 15.9. The molecule has 3 aromatic rings. The normalized spacial score (nSPS) is 22.6. The number of aliphatic carboxylic acids is 1. The van der Waals surface area contributed by atoms with Crippen molar-refractivity contribution in [1.82, 2.24) is 25.4 Å². The van der Waals surface area contributed by atoms with Gasteiger partial charge >= 0.3 is 0 Å². The number of nitrogens with zero attached hydrogens (tertiary/aromatic N) is 5. The topological polar surface area (TPSA) is 169 Å². The van der Waals surface area contributed by atoms with Crippen molar-refractivity contribution in [3.05, 3.63) is 58.1 Å². The second-order valence-corrected chi connectivity index (χ2v) is 15.3. The number of aromatic nitrogens is 2. The summed E-state index contributed by atoms with van der Waals surface area (Å²) >= 11 is 3.81. The van der Waals surface area contributed by atoms with Crippen LogP contribution >= 0.6 is 34.9 Å². The monoisotopic (exact) mass is 736 g/mol. The molecule has 2 amide bonds. The first-order valence-corrected chi connectivity index (χ1v) is 18.8. The standard InChI is InChI=1S/C33H33FN8O5S3/c1-3-10-47-39-26(22-16-50-33(35)37-22)29(43)38-27-30(44)42-28(32(45)46)17(15-49-31(27)42)14-48-25-6-8-41(18-4-5-18)23-12-19(21(34)11-20(23)25)24-13-36-7-9-40(24)2/h1,6,8,11-12,16,18,24,27,31,36H,4-5,7,9-10,13-15H2,2H3,(H3-,35,37,38,43,45,46)/b39-26-/t24?,27?,31-/m1/s1. The summed E-state index contributed by atoms with van der Waals surface area (Å²) in [5.74, 6) is -0.378. The number of piperazine rings is 1. The van der Waals surface area contributed by atoms with Gasteiger partial charge in [-0.1, -0.05) is 11.1 Å². The molecule has 0 radical (unpaired) electrons. The zero-order valence-electron chi connectivity index (χ0n) is 26.9. The van der Waals surface area contributed by atoms with Gasteiger partial charge in [-0.25, -0.2) is 9.37 Å². The highest BCUT2D eigenvalue weighted by Gasteiger charge is 2.53. The quantitative estimate of drug-likeness (QED) is 0.0484. The zero-order chi connectivity index (χ0) is 35.1. The fraction of sp³-hybridized carbons (Fsp3) is 0.394. The van der Waals surface area contributed by atoms with E-state index in [-0.39, 0.29) is 52.2 Å². The van der Waals surface area contributed by atoms with Crippen molar-refractivity contribution in [2.45, 2.75) is 41.2 Å². The first kappa shape index (κ1) is 34.2. The number of nitrogens with two attached hydrogens (primary N) is 1. The van der Waals surface area contributed by atoms with Crippen LogP contribution in [0.2, 0.25) is 0 Å². The Bertz CT molecular complexity index is 1990. The number of halogens is 1. The minimum Gasteiger partial charge on any atom is -0.543 e. The number of amides is 2. The van der Waals surface area contributed by atoms with Crippen molar-refractivity contribution in [3.8, 4) is 12.3 Å². The third kappa shape index (κ3) is 6.53. The number of benzene rings is 1. The fourth-order valence-electron chi connectivity index (χ4n) is 6.40. The molecule has 5 heterocycles. The van der Waals surface area contributed by atoms with Crippen LogP contribution in [0.1, 0.15) is 36.2 Å². The van der Waals surface area contributed by atoms with Crippen LogP contribution in [0.5, 0.6) is 0 Å². The van der Waals surface area contributed by atoms with E-state index in [0.29, 0.717) is 23.7 Å². The van der Waals surface area contributed by atoms with Crippen LogP contribution in [-0.2, 0) is 19.2 Å². The molecule has 1 aromatic carbocycles. The number of hydrogen-bond acceptors (Lipinski definition) is 13. The smallest absolute Gasteiger partial charge is 0.276 e. The molecule has 3 aliphatic heterocycles. The number of anilines is 1. The van der Waals surface area contributed by atoms with Gasteiger partial charge in [0.1, 0.15) is 22.9 Å². The number of oxime groups is 1. The second kappa shape index (κ2) is 14.2. The Morgan fingerprint density at radius 3 is 2.90 bits per heavy atom. The number of thiazole rings is 1. The number of carboxylic acid groups (broad SMARTS) is 1. The predicted octanol–water partition coefficient (Wildman–Crippen LogP) is 0.766. The van der Waals surface area contributed by atoms with Gasteiger partial charge in [-0.3, -0.25) is 19.4 Å². The van der Waals surface area contributed by atoms with Gasteiger partial charge < -0.3 is 31.1 Å². The summed E-state index contributed by atoms with van der Waals surface area (Å²) in [5, 5.41) is 24.1. The number of carbonyl (C=O) groups is 3. The summed E-state index contributed by atoms with van der Waals surface area (Å²) in [7, 11) is 2.01. The summed E-state index contributed by atoms with van der Waals surface area (Å²) in [6, 6.07) is 4.74. The van der Waals surface area contributed by atoms with Gasteiger partial charge in [-0.05, 0) is 18.7 Å². The molecule has 1 aliphatic carbocycles. The van der Waals surface area contributed by atoms with E-state index in [1.54, 1.807) is 6.07 Å². The Morgan fingerprint density at radius 1 is 1.38 bits per heavy atom. The van der Waals surface area contributed by atoms with E-state index in [1.807, 2.05) is 25.4 Å². The molecule has 4 N–H and O–H groups in total. The Labute approximate surface area is 299 Å². The van der Waals surface area contributed by atoms with Gasteiger partial charge in [-0.2, -0.15) is 4.57 Å². The van der Waals surface area contributed by atoms with Crippen molar-refractivity contribution >= 4 is 74.4 Å². The molecule has 0 spiro atoms. The Morgan fingerprint density at radius 2 is 2.20 bits per heavy atom. The number of nitrogens with one attached hydrogen (secondary N) is 2. The third-order valence-corrected chi connectivity index (χ3v) is 12.2. The van der Waals surface area contributed by atoms with Crippen LogP contribution in [0, 0.1) is 18.2 Å². The summed E-state index contributed by atoms with van der Waals surface area (Å²) in [6.45, 7) is 2.14. The number of likely N-dealkylation sites (N-methyl/N-ethyl adjacent to an activating group) is 1. The molecule has 260 valence electrons. The highest BCUT2D eigenvalue weighted by molar-refractivity contribution is 8.01. The van der Waals surface area contributed by atoms with Gasteiger partial charge in [0.15, 0.2) is 29.7 Å². The molecular weight excluding hydrogens is 704 g/mol. The lowest BCUT2D eigenvalue weighted by molar-refractivity contribution is -0.675. The number of fused-ring (bicyclic) bond motifs is 2. The lowest BCUT2D eigenvalue weighted by atomic mass is 10.0. The maximum Gasteiger partial charge on any atom is 0.276 e. The number of pyridine rings is 1. The molecular formula is C33H33FN8O5S3. The highest BCUT2D eigenvalue weighted by atomic mass is 32.2. The van der Waals surface area contributed by atoms with Gasteiger partial charge in [0.05, 0.1) is 23.1 Å². The number of carbonyl (C=O) groups excluding carboxylic acids is 3. The molecule has 0 bridgehead atoms. The van der Waals surface area contributed by atoms with Crippen molar-refractivity contribution < 1.29 is 33.3 Å². The van der Waals surface area contributed by atoms with Crippen molar-refractivity contribution in [3.63, 3.8) is 0 Å². The fourth-order valence-corrected chi connectivity index (χ4v) is 9.47. The lowest BCUT2D eigenvalue weighted by Crippen LogP contribution is -2.71. The maximum atomic E-state index is 15.8. The number of β-lactam (4-membered cyclic amide) rings is 1. The van der Waals surface area contributed by atoms with Gasteiger partial charge in [0.2, 0.25) is 5.52 Å². The molecule has 3 fully saturated rings. The summed E-state index contributed by atoms with van der Waals surface area (Å²) in [5.41, 5.74) is 7.50. The number of nitrogen functional groups attached to an aromatic ring is 1. The average molecular weight is 737 g/mol. The van der Waals surface area contributed by atoms with Gasteiger partial charge in [0, 0.05) is 72.0 Å². The third-order valence-electron chi connectivity index (χ3n) is 9.07. The minimum absolute atomic E-state index is 0.0884. The van der Waals surface area contributed by atoms with Crippen LogP contribution in [0.15, 0.2) is 51.1 Å². The number of carboxylic acids is 1. The van der Waals surface area contributed by atoms with Gasteiger partial charge in [-0.15, -0.1) is 41.3 Å². The maximum absolute atomic E-state index is 15.8. The largest absolute Gasteiger partial charge is 0.543 e. The van der Waals surface area contributed by atoms with E-state index < -0.39 is 29.2 Å². The number of rotatable bonds is 11. The summed E-state index contributed by atoms with van der Waals surface area (Å²) < 4.78 is 18.0. The second-order valence-electron chi connectivity index (χ2n) is 12.3. The van der Waals surface area contributed by atoms with Crippen molar-refractivity contribution in [1.29, 1.82) is 0 Å². The molecule has 2 aromatic heterocycles. The average Bonchev–Trinajstić information content (AvgIpc) is 3.86. The Kier molecular flexibility index (Phi) is 9.72. The van der Waals surface area contributed by atoms with E-state index in [4.69, 9.17) is 17.0 Å². The SMILES string of the molecule is C#CCO/N=C(\C(=O)NC1C(=O)N2C(C(=O)[O-])=C(CSc3cc[n+](C4CC4)c4cc(C5CNCCN5C)c(F)cc34)CS[C@H]12)c1csc(N)n1. The summed E-state index contributed by atoms with van der Waals surface area (Å²) in [4.78, 5) is 52.3. The molecule has 17 heteroatoms. The predicted molar refractivity (Wildman–Crippen MR) is 186 cm³/mol. The van der Waals surface area contributed by atoms with E-state index in [1.165, 1.54) is 28.9 Å². The molecule has 50 heavy (non-hydrogen) atoms. The molecule has 4 aliphatic rings. The number of thioether (sulfide) groups is 2.